The molecular formula is C16H16F2N4O3. The molecule has 0 aliphatic carbocycles. The topological polar surface area (TPSA) is 91.5 Å². The number of aliphatic hydroxyl groups excluding tert-OH is 1. The van der Waals surface area contributed by atoms with Crippen LogP contribution in [-0.2, 0) is 0 Å². The summed E-state index contributed by atoms with van der Waals surface area (Å²) in [6, 6.07) is 5.96. The summed E-state index contributed by atoms with van der Waals surface area (Å²) < 4.78 is 26.4. The van der Waals surface area contributed by atoms with Gasteiger partial charge >= 0.3 is 5.69 Å². The zero-order valence-electron chi connectivity index (χ0n) is 13.2. The number of hydrogen-bond acceptors (Lipinski definition) is 6. The average Bonchev–Trinajstić information content (AvgIpc) is 2.58. The van der Waals surface area contributed by atoms with E-state index in [1.807, 2.05) is 4.90 Å². The fourth-order valence-electron chi connectivity index (χ4n) is 2.66. The molecule has 1 aliphatic rings. The number of rotatable bonds is 4. The van der Waals surface area contributed by atoms with Crippen molar-refractivity contribution in [3.63, 3.8) is 0 Å². The Bertz CT molecular complexity index is 795. The van der Waals surface area contributed by atoms with Crippen molar-refractivity contribution in [1.82, 2.24) is 4.98 Å². The second-order valence-corrected chi connectivity index (χ2v) is 5.77. The molecule has 0 amide bonds. The summed E-state index contributed by atoms with van der Waals surface area (Å²) in [6.07, 6.45) is 0.823. The van der Waals surface area contributed by atoms with E-state index >= 15 is 0 Å². The van der Waals surface area contributed by atoms with Crippen LogP contribution in [0, 0.1) is 21.7 Å². The lowest BCUT2D eigenvalue weighted by atomic mass is 10.1. The van der Waals surface area contributed by atoms with Gasteiger partial charge in [0.2, 0.25) is 5.82 Å². The van der Waals surface area contributed by atoms with Crippen LogP contribution < -0.4 is 10.2 Å². The Balaban J connectivity index is 1.90. The highest BCUT2D eigenvalue weighted by molar-refractivity contribution is 5.68. The van der Waals surface area contributed by atoms with Gasteiger partial charge in [0.25, 0.3) is 0 Å². The molecule has 1 aliphatic heterocycles. The SMILES string of the molecule is O=[N+]([O-])c1ccc(N2CCC(O)CC2)nc1Nc1ccc(F)c(F)c1. The Kier molecular flexibility index (Phi) is 4.75. The summed E-state index contributed by atoms with van der Waals surface area (Å²) in [5, 5.41) is 23.5. The van der Waals surface area contributed by atoms with Crippen molar-refractivity contribution in [2.45, 2.75) is 18.9 Å². The Labute approximate surface area is 142 Å². The van der Waals surface area contributed by atoms with Crippen molar-refractivity contribution in [3.8, 4) is 0 Å². The van der Waals surface area contributed by atoms with Gasteiger partial charge in [0.05, 0.1) is 11.0 Å². The maximum absolute atomic E-state index is 13.3. The molecule has 0 spiro atoms. The van der Waals surface area contributed by atoms with Crippen molar-refractivity contribution in [2.24, 2.45) is 0 Å². The molecule has 0 bridgehead atoms. The first-order chi connectivity index (χ1) is 11.9. The van der Waals surface area contributed by atoms with Crippen LogP contribution >= 0.6 is 0 Å². The highest BCUT2D eigenvalue weighted by Crippen LogP contribution is 2.30. The monoisotopic (exact) mass is 350 g/mol. The number of pyridine rings is 1. The van der Waals surface area contributed by atoms with E-state index in [4.69, 9.17) is 0 Å². The summed E-state index contributed by atoms with van der Waals surface area (Å²) >= 11 is 0. The van der Waals surface area contributed by atoms with Crippen LogP contribution in [0.25, 0.3) is 0 Å². The van der Waals surface area contributed by atoms with Crippen molar-refractivity contribution < 1.29 is 18.8 Å². The lowest BCUT2D eigenvalue weighted by Crippen LogP contribution is -2.36. The van der Waals surface area contributed by atoms with Crippen molar-refractivity contribution in [1.29, 1.82) is 0 Å². The number of anilines is 3. The maximum atomic E-state index is 13.3. The summed E-state index contributed by atoms with van der Waals surface area (Å²) in [7, 11) is 0. The van der Waals surface area contributed by atoms with Crippen molar-refractivity contribution in [2.75, 3.05) is 23.3 Å². The van der Waals surface area contributed by atoms with E-state index in [-0.39, 0.29) is 23.3 Å². The normalized spacial score (nSPS) is 15.2. The standard InChI is InChI=1S/C16H16F2N4O3/c17-12-2-1-10(9-13(12)18)19-16-14(22(24)25)3-4-15(20-16)21-7-5-11(23)6-8-21/h1-4,9,11,23H,5-8H2,(H,19,20). The third-order valence-electron chi connectivity index (χ3n) is 4.03. The lowest BCUT2D eigenvalue weighted by Gasteiger charge is -2.30. The molecule has 0 atom stereocenters. The Hall–Kier alpha value is -2.81. The maximum Gasteiger partial charge on any atom is 0.311 e. The number of aliphatic hydroxyl groups is 1. The van der Waals surface area contributed by atoms with Gasteiger partial charge < -0.3 is 15.3 Å². The fraction of sp³-hybridized carbons (Fsp3) is 0.312. The summed E-state index contributed by atoms with van der Waals surface area (Å²) in [4.78, 5) is 16.8. The Morgan fingerprint density at radius 1 is 1.20 bits per heavy atom. The number of piperidine rings is 1. The molecule has 2 aromatic rings. The van der Waals surface area contributed by atoms with Gasteiger partial charge in [-0.25, -0.2) is 13.8 Å². The zero-order chi connectivity index (χ0) is 18.0. The smallest absolute Gasteiger partial charge is 0.311 e. The molecular weight excluding hydrogens is 334 g/mol. The van der Waals surface area contributed by atoms with Gasteiger partial charge in [-0.05, 0) is 31.0 Å². The molecule has 0 radical (unpaired) electrons. The highest BCUT2D eigenvalue weighted by atomic mass is 19.2. The molecule has 1 aromatic carbocycles. The number of benzene rings is 1. The Morgan fingerprint density at radius 3 is 2.56 bits per heavy atom. The molecule has 132 valence electrons. The molecule has 1 saturated heterocycles. The van der Waals surface area contributed by atoms with E-state index in [0.29, 0.717) is 31.7 Å². The fourth-order valence-corrected chi connectivity index (χ4v) is 2.66. The minimum absolute atomic E-state index is 0.0559. The second-order valence-electron chi connectivity index (χ2n) is 5.77. The van der Waals surface area contributed by atoms with Gasteiger partial charge in [0.15, 0.2) is 11.6 Å². The molecule has 0 unspecified atom stereocenters. The first-order valence-corrected chi connectivity index (χ1v) is 7.74. The molecule has 3 rings (SSSR count). The largest absolute Gasteiger partial charge is 0.393 e. The molecule has 2 heterocycles. The third kappa shape index (κ3) is 3.82. The van der Waals surface area contributed by atoms with E-state index in [2.05, 4.69) is 10.3 Å². The van der Waals surface area contributed by atoms with Crippen LogP contribution in [0.1, 0.15) is 12.8 Å². The van der Waals surface area contributed by atoms with Crippen molar-refractivity contribution >= 4 is 23.0 Å². The van der Waals surface area contributed by atoms with Gasteiger partial charge in [-0.2, -0.15) is 0 Å². The van der Waals surface area contributed by atoms with Gasteiger partial charge in [0, 0.05) is 30.9 Å². The molecule has 1 aromatic heterocycles. The van der Waals surface area contributed by atoms with Crippen LogP contribution in [0.15, 0.2) is 30.3 Å². The molecule has 9 heteroatoms. The van der Waals surface area contributed by atoms with E-state index in [1.165, 1.54) is 18.2 Å². The van der Waals surface area contributed by atoms with E-state index in [9.17, 15) is 24.0 Å². The molecule has 1 fully saturated rings. The average molecular weight is 350 g/mol. The summed E-state index contributed by atoms with van der Waals surface area (Å²) in [5.41, 5.74) is -0.119. The van der Waals surface area contributed by atoms with Gasteiger partial charge in [-0.15, -0.1) is 0 Å². The third-order valence-corrected chi connectivity index (χ3v) is 4.03. The highest BCUT2D eigenvalue weighted by Gasteiger charge is 2.22. The van der Waals surface area contributed by atoms with Crippen LogP contribution in [0.5, 0.6) is 0 Å². The minimum Gasteiger partial charge on any atom is -0.393 e. The van der Waals surface area contributed by atoms with Gasteiger partial charge in [0.1, 0.15) is 5.82 Å². The van der Waals surface area contributed by atoms with E-state index < -0.39 is 16.6 Å². The zero-order valence-corrected chi connectivity index (χ0v) is 13.2. The predicted octanol–water partition coefficient (Wildman–Crippen LogP) is 2.97. The van der Waals surface area contributed by atoms with Gasteiger partial charge in [-0.1, -0.05) is 0 Å². The van der Waals surface area contributed by atoms with Crippen LogP contribution in [0.3, 0.4) is 0 Å². The number of hydrogen-bond donors (Lipinski definition) is 2. The van der Waals surface area contributed by atoms with Gasteiger partial charge in [-0.3, -0.25) is 10.1 Å². The molecule has 25 heavy (non-hydrogen) atoms. The lowest BCUT2D eigenvalue weighted by molar-refractivity contribution is -0.384. The molecule has 0 saturated carbocycles. The second kappa shape index (κ2) is 6.98. The molecule has 2 N–H and O–H groups in total. The first kappa shape index (κ1) is 17.0. The number of aromatic nitrogens is 1. The summed E-state index contributed by atoms with van der Waals surface area (Å²) in [5.74, 6) is -1.61. The van der Waals surface area contributed by atoms with E-state index in [0.717, 1.165) is 12.1 Å². The molecule has 7 nitrogen and oxygen atoms in total. The number of nitrogens with zero attached hydrogens (tertiary/aromatic N) is 3. The Morgan fingerprint density at radius 2 is 1.92 bits per heavy atom. The van der Waals surface area contributed by atoms with E-state index in [1.54, 1.807) is 0 Å². The predicted molar refractivity (Wildman–Crippen MR) is 88.0 cm³/mol. The number of halogens is 2. The quantitative estimate of drug-likeness (QED) is 0.651. The van der Waals surface area contributed by atoms with Crippen LogP contribution in [0.4, 0.5) is 31.8 Å². The number of nitro groups is 1. The number of nitrogens with one attached hydrogen (secondary N) is 1. The minimum atomic E-state index is -1.06. The first-order valence-electron chi connectivity index (χ1n) is 7.74. The van der Waals surface area contributed by atoms with Crippen LogP contribution in [0.2, 0.25) is 0 Å². The summed E-state index contributed by atoms with van der Waals surface area (Å²) in [6.45, 7) is 1.16. The van der Waals surface area contributed by atoms with Crippen molar-refractivity contribution in [3.05, 3.63) is 52.1 Å². The van der Waals surface area contributed by atoms with Crippen LogP contribution in [-0.4, -0.2) is 34.2 Å².